The Morgan fingerprint density at radius 1 is 0.650 bits per heavy atom. The van der Waals surface area contributed by atoms with Crippen LogP contribution in [0.25, 0.3) is 0 Å². The Bertz CT molecular complexity index is 521. The van der Waals surface area contributed by atoms with Crippen LogP contribution < -0.4 is 0 Å². The van der Waals surface area contributed by atoms with E-state index in [-0.39, 0.29) is 0 Å². The normalized spacial score (nSPS) is 11.1. The summed E-state index contributed by atoms with van der Waals surface area (Å²) in [6, 6.07) is 18.1. The summed E-state index contributed by atoms with van der Waals surface area (Å²) in [6.45, 7) is 8.95. The molecule has 1 heteroatoms. The number of hydrogen-bond acceptors (Lipinski definition) is 0. The third kappa shape index (κ3) is 3.64. The number of benzene rings is 2. The van der Waals surface area contributed by atoms with Crippen molar-refractivity contribution in [2.24, 2.45) is 0 Å². The van der Waals surface area contributed by atoms with Crippen molar-refractivity contribution in [2.45, 2.75) is 39.5 Å². The van der Waals surface area contributed by atoms with E-state index in [0.29, 0.717) is 11.8 Å². The molecular weight excluding hydrogens is 319 g/mol. The first-order chi connectivity index (χ1) is 9.49. The van der Waals surface area contributed by atoms with E-state index in [4.69, 9.17) is 0 Å². The van der Waals surface area contributed by atoms with Gasteiger partial charge in [0.2, 0.25) is 0 Å². The average Bonchev–Trinajstić information content (AvgIpc) is 2.46. The second-order valence-electron chi connectivity index (χ2n) is 5.93. The van der Waals surface area contributed by atoms with E-state index in [2.05, 4.69) is 76.2 Å². The molecule has 0 N–H and O–H groups in total. The number of hydrogen-bond donors (Lipinski definition) is 0. The van der Waals surface area contributed by atoms with Crippen LogP contribution in [0.15, 0.2) is 48.5 Å². The van der Waals surface area contributed by atoms with Gasteiger partial charge < -0.3 is 0 Å². The second-order valence-corrected chi connectivity index (χ2v) is 7.16. The molecule has 0 heterocycles. The fourth-order valence-electron chi connectivity index (χ4n) is 2.24. The first-order valence-electron chi connectivity index (χ1n) is 7.28. The molecule has 102 valence electrons. The summed E-state index contributed by atoms with van der Waals surface area (Å²) in [6.07, 6.45) is 0. The van der Waals surface area contributed by atoms with Gasteiger partial charge in [-0.25, -0.2) is 0 Å². The minimum absolute atomic E-state index is 0.600. The second kappa shape index (κ2) is 6.77. The van der Waals surface area contributed by atoms with Crippen LogP contribution in [0, 0.1) is 0 Å². The number of rotatable bonds is 4. The van der Waals surface area contributed by atoms with Gasteiger partial charge in [0, 0.05) is 0 Å². The quantitative estimate of drug-likeness (QED) is 0.730. The molecular formula is C19H22Zr. The Kier molecular flexibility index (Phi) is 5.27. The van der Waals surface area contributed by atoms with E-state index in [0.717, 1.165) is 0 Å². The van der Waals surface area contributed by atoms with Crippen LogP contribution in [0.2, 0.25) is 0 Å². The summed E-state index contributed by atoms with van der Waals surface area (Å²) in [7, 11) is 0. The zero-order valence-corrected chi connectivity index (χ0v) is 15.2. The van der Waals surface area contributed by atoms with Gasteiger partial charge >= 0.3 is 138 Å². The topological polar surface area (TPSA) is 0 Å². The molecule has 0 aliphatic carbocycles. The SMILES string of the molecule is CC(C)c1ccc([C](=[Zr])c2ccc(C(C)C)cc2)cc1. The molecule has 20 heavy (non-hydrogen) atoms. The fraction of sp³-hybridized carbons (Fsp3) is 0.316. The molecule has 0 amide bonds. The molecule has 0 atom stereocenters. The molecule has 0 bridgehead atoms. The van der Waals surface area contributed by atoms with Crippen molar-refractivity contribution in [1.82, 2.24) is 0 Å². The maximum atomic E-state index is 2.26. The molecule has 2 aromatic rings. The van der Waals surface area contributed by atoms with Crippen LogP contribution in [-0.2, 0) is 24.2 Å². The summed E-state index contributed by atoms with van der Waals surface area (Å²) < 4.78 is 1.43. The van der Waals surface area contributed by atoms with Crippen molar-refractivity contribution >= 4 is 3.21 Å². The van der Waals surface area contributed by atoms with Crippen molar-refractivity contribution in [2.75, 3.05) is 0 Å². The van der Waals surface area contributed by atoms with Crippen molar-refractivity contribution in [3.05, 3.63) is 70.8 Å². The zero-order valence-electron chi connectivity index (χ0n) is 12.8. The van der Waals surface area contributed by atoms with Gasteiger partial charge in [0.1, 0.15) is 0 Å². The zero-order chi connectivity index (χ0) is 14.7. The average molecular weight is 342 g/mol. The molecule has 0 fully saturated rings. The van der Waals surface area contributed by atoms with Gasteiger partial charge in [-0.1, -0.05) is 0 Å². The minimum atomic E-state index is 0.600. The maximum absolute atomic E-state index is 2.26. The molecule has 0 radical (unpaired) electrons. The Balaban J connectivity index is 2.22. The summed E-state index contributed by atoms with van der Waals surface area (Å²) in [4.78, 5) is 0. The predicted octanol–water partition coefficient (Wildman–Crippen LogP) is 5.05. The molecule has 2 rings (SSSR count). The summed E-state index contributed by atoms with van der Waals surface area (Å²) >= 11 is 1.47. The molecule has 0 nitrogen and oxygen atoms in total. The van der Waals surface area contributed by atoms with Crippen LogP contribution in [0.4, 0.5) is 0 Å². The molecule has 0 spiro atoms. The first kappa shape index (κ1) is 15.6. The fourth-order valence-corrected chi connectivity index (χ4v) is 3.06. The predicted molar refractivity (Wildman–Crippen MR) is 84.3 cm³/mol. The van der Waals surface area contributed by atoms with Crippen molar-refractivity contribution < 1.29 is 24.2 Å². The van der Waals surface area contributed by atoms with Crippen molar-refractivity contribution in [1.29, 1.82) is 0 Å². The van der Waals surface area contributed by atoms with Gasteiger partial charge in [-0.15, -0.1) is 0 Å². The first-order valence-corrected chi connectivity index (χ1v) is 8.51. The molecule has 0 aliphatic rings. The van der Waals surface area contributed by atoms with Crippen molar-refractivity contribution in [3.63, 3.8) is 0 Å². The van der Waals surface area contributed by atoms with E-state index in [9.17, 15) is 0 Å². The van der Waals surface area contributed by atoms with Crippen LogP contribution in [0.1, 0.15) is 61.8 Å². The molecule has 0 aliphatic heterocycles. The summed E-state index contributed by atoms with van der Waals surface area (Å²) in [5.41, 5.74) is 5.52. The summed E-state index contributed by atoms with van der Waals surface area (Å²) in [5, 5.41) is 0. The van der Waals surface area contributed by atoms with Gasteiger partial charge in [0.25, 0.3) is 0 Å². The Morgan fingerprint density at radius 3 is 1.20 bits per heavy atom. The third-order valence-corrected chi connectivity index (χ3v) is 5.15. The van der Waals surface area contributed by atoms with Crippen LogP contribution >= 0.6 is 0 Å². The van der Waals surface area contributed by atoms with Gasteiger partial charge in [-0.3, -0.25) is 0 Å². The van der Waals surface area contributed by atoms with Crippen LogP contribution in [-0.4, -0.2) is 3.21 Å². The molecule has 0 saturated carbocycles. The molecule has 0 aromatic heterocycles. The van der Waals surface area contributed by atoms with E-state index >= 15 is 0 Å². The van der Waals surface area contributed by atoms with E-state index in [1.165, 1.54) is 49.7 Å². The summed E-state index contributed by atoms with van der Waals surface area (Å²) in [5.74, 6) is 1.20. The Hall–Kier alpha value is -0.807. The molecule has 0 unspecified atom stereocenters. The van der Waals surface area contributed by atoms with Gasteiger partial charge in [-0.2, -0.15) is 0 Å². The Morgan fingerprint density at radius 2 is 0.950 bits per heavy atom. The van der Waals surface area contributed by atoms with Gasteiger partial charge in [0.05, 0.1) is 0 Å². The van der Waals surface area contributed by atoms with Crippen molar-refractivity contribution in [3.8, 4) is 0 Å². The monoisotopic (exact) mass is 340 g/mol. The molecule has 2 aromatic carbocycles. The van der Waals surface area contributed by atoms with Gasteiger partial charge in [0.15, 0.2) is 0 Å². The standard InChI is InChI=1S/C19H22.Zr/c1-14(2)18-9-5-16(6-10-18)13-17-7-11-19(12-8-17)15(3)4;/h5-12,14-15H,1-4H3;. The van der Waals surface area contributed by atoms with Crippen LogP contribution in [0.3, 0.4) is 0 Å². The van der Waals surface area contributed by atoms with E-state index < -0.39 is 0 Å². The van der Waals surface area contributed by atoms with E-state index in [1.54, 1.807) is 0 Å². The van der Waals surface area contributed by atoms with E-state index in [1.807, 2.05) is 0 Å². The Labute approximate surface area is 137 Å². The molecule has 0 saturated heterocycles. The van der Waals surface area contributed by atoms with Gasteiger partial charge in [-0.05, 0) is 0 Å². The third-order valence-electron chi connectivity index (χ3n) is 3.73. The van der Waals surface area contributed by atoms with Crippen LogP contribution in [0.5, 0.6) is 0 Å².